The molecule has 0 spiro atoms. The lowest BCUT2D eigenvalue weighted by atomic mass is 10.1. The van der Waals surface area contributed by atoms with Crippen LogP contribution in [-0.2, 0) is 11.8 Å². The minimum Gasteiger partial charge on any atom is -0.441 e. The summed E-state index contributed by atoms with van der Waals surface area (Å²) >= 11 is 0. The molecule has 0 aliphatic rings. The molecule has 3 rings (SSSR count). The van der Waals surface area contributed by atoms with Crippen molar-refractivity contribution < 1.29 is 9.21 Å². The Hall–Kier alpha value is -2.64. The molecule has 3 aromatic rings. The van der Waals surface area contributed by atoms with E-state index in [1.807, 2.05) is 37.5 Å². The number of hydrogen-bond donors (Lipinski definition) is 2. The third-order valence-corrected chi connectivity index (χ3v) is 4.10. The molecule has 2 aromatic heterocycles. The number of likely N-dealkylation sites (N-methyl/N-ethyl adjacent to an activating group) is 1. The lowest BCUT2D eigenvalue weighted by Crippen LogP contribution is -2.30. The fraction of sp³-hybridized carbons (Fsp3) is 0.316. The molecule has 0 aliphatic heterocycles. The summed E-state index contributed by atoms with van der Waals surface area (Å²) in [6, 6.07) is 6.96. The number of benzene rings is 1. The lowest BCUT2D eigenvalue weighted by molar-refractivity contribution is -0.118. The van der Waals surface area contributed by atoms with Crippen molar-refractivity contribution >= 4 is 24.0 Å². The van der Waals surface area contributed by atoms with Crippen molar-refractivity contribution in [1.82, 2.24) is 20.1 Å². The van der Waals surface area contributed by atoms with E-state index in [-0.39, 0.29) is 18.3 Å². The van der Waals surface area contributed by atoms with Crippen molar-refractivity contribution in [3.05, 3.63) is 54.2 Å². The third kappa shape index (κ3) is 4.75. The molecule has 8 heteroatoms. The van der Waals surface area contributed by atoms with Crippen LogP contribution in [0.3, 0.4) is 0 Å². The number of rotatable bonds is 6. The zero-order valence-corrected chi connectivity index (χ0v) is 16.6. The summed E-state index contributed by atoms with van der Waals surface area (Å²) in [5.41, 5.74) is 2.39. The Morgan fingerprint density at radius 3 is 2.41 bits per heavy atom. The minimum atomic E-state index is -0.469. The van der Waals surface area contributed by atoms with Crippen LogP contribution < -0.4 is 10.6 Å². The number of hydrogen-bond acceptors (Lipinski definition) is 5. The molecule has 7 nitrogen and oxygen atoms in total. The van der Waals surface area contributed by atoms with Crippen molar-refractivity contribution in [3.63, 3.8) is 0 Å². The van der Waals surface area contributed by atoms with Gasteiger partial charge in [-0.2, -0.15) is 5.10 Å². The van der Waals surface area contributed by atoms with Crippen LogP contribution >= 0.6 is 12.4 Å². The molecule has 144 valence electrons. The van der Waals surface area contributed by atoms with E-state index in [0.29, 0.717) is 17.5 Å². The molecule has 0 fully saturated rings. The lowest BCUT2D eigenvalue weighted by Gasteiger charge is -2.14. The van der Waals surface area contributed by atoms with E-state index in [2.05, 4.69) is 34.6 Å². The molecular weight excluding hydrogens is 366 g/mol. The van der Waals surface area contributed by atoms with Crippen LogP contribution in [0.5, 0.6) is 0 Å². The Balaban J connectivity index is 0.00000261. The first-order valence-corrected chi connectivity index (χ1v) is 8.50. The molecule has 0 saturated carbocycles. The zero-order chi connectivity index (χ0) is 18.7. The second-order valence-corrected chi connectivity index (χ2v) is 6.46. The van der Waals surface area contributed by atoms with Crippen LogP contribution in [0.1, 0.15) is 37.1 Å². The molecule has 0 saturated heterocycles. The van der Waals surface area contributed by atoms with E-state index in [9.17, 15) is 4.79 Å². The fourth-order valence-corrected chi connectivity index (χ4v) is 2.64. The number of nitrogens with zero attached hydrogens (tertiary/aromatic N) is 3. The van der Waals surface area contributed by atoms with Gasteiger partial charge in [-0.05, 0) is 31.3 Å². The quantitative estimate of drug-likeness (QED) is 0.673. The Bertz CT molecular complexity index is 886. The van der Waals surface area contributed by atoms with Gasteiger partial charge in [0.2, 0.25) is 11.8 Å². The van der Waals surface area contributed by atoms with Gasteiger partial charge in [-0.15, -0.1) is 12.4 Å². The highest BCUT2D eigenvalue weighted by Crippen LogP contribution is 2.25. The number of anilines is 1. The van der Waals surface area contributed by atoms with E-state index in [1.54, 1.807) is 24.1 Å². The number of nitrogens with one attached hydrogen (secondary N) is 2. The molecule has 2 N–H and O–H groups in total. The Morgan fingerprint density at radius 2 is 1.89 bits per heavy atom. The smallest absolute Gasteiger partial charge is 0.246 e. The van der Waals surface area contributed by atoms with Crippen LogP contribution in [0.4, 0.5) is 5.69 Å². The van der Waals surface area contributed by atoms with Crippen LogP contribution in [0.15, 0.2) is 47.3 Å². The second kappa shape index (κ2) is 8.83. The van der Waals surface area contributed by atoms with Gasteiger partial charge in [-0.3, -0.25) is 9.48 Å². The minimum absolute atomic E-state index is 0. The van der Waals surface area contributed by atoms with Gasteiger partial charge in [0.05, 0.1) is 12.4 Å². The first kappa shape index (κ1) is 20.7. The Morgan fingerprint density at radius 1 is 1.19 bits per heavy atom. The molecule has 1 amide bonds. The van der Waals surface area contributed by atoms with E-state index in [0.717, 1.165) is 16.9 Å². The van der Waals surface area contributed by atoms with E-state index in [4.69, 9.17) is 4.42 Å². The number of aromatic nitrogens is 3. The van der Waals surface area contributed by atoms with Crippen LogP contribution in [-0.4, -0.2) is 27.7 Å². The average Bonchev–Trinajstić information content (AvgIpc) is 3.26. The Labute approximate surface area is 164 Å². The van der Waals surface area contributed by atoms with Gasteiger partial charge in [0.15, 0.2) is 0 Å². The van der Waals surface area contributed by atoms with Gasteiger partial charge in [0.1, 0.15) is 11.8 Å². The number of halogens is 1. The highest BCUT2D eigenvalue weighted by molar-refractivity contribution is 5.95. The predicted molar refractivity (Wildman–Crippen MR) is 107 cm³/mol. The van der Waals surface area contributed by atoms with Gasteiger partial charge in [0, 0.05) is 36.0 Å². The maximum absolute atomic E-state index is 12.5. The molecular formula is C19H24ClN5O2. The van der Waals surface area contributed by atoms with Gasteiger partial charge in [-0.25, -0.2) is 4.98 Å². The summed E-state index contributed by atoms with van der Waals surface area (Å²) in [4.78, 5) is 16.9. The van der Waals surface area contributed by atoms with Crippen LogP contribution in [0, 0.1) is 0 Å². The first-order chi connectivity index (χ1) is 12.5. The van der Waals surface area contributed by atoms with Crippen molar-refractivity contribution in [1.29, 1.82) is 0 Å². The van der Waals surface area contributed by atoms with Gasteiger partial charge in [0.25, 0.3) is 0 Å². The van der Waals surface area contributed by atoms with E-state index < -0.39 is 6.04 Å². The number of amides is 1. The first-order valence-electron chi connectivity index (χ1n) is 8.50. The average molecular weight is 390 g/mol. The fourth-order valence-electron chi connectivity index (χ4n) is 2.64. The number of carbonyl (C=O) groups is 1. The summed E-state index contributed by atoms with van der Waals surface area (Å²) in [6.45, 7) is 4.12. The third-order valence-electron chi connectivity index (χ3n) is 4.10. The van der Waals surface area contributed by atoms with Crippen molar-refractivity contribution in [2.24, 2.45) is 7.05 Å². The Kier molecular flexibility index (Phi) is 6.76. The molecule has 1 aromatic carbocycles. The van der Waals surface area contributed by atoms with Crippen molar-refractivity contribution in [2.45, 2.75) is 25.8 Å². The SMILES string of the molecule is CNC(C(=O)Nc1ccc(-c2ncc(C(C)C)o2)cc1)c1cnn(C)c1.Cl. The highest BCUT2D eigenvalue weighted by atomic mass is 35.5. The number of aryl methyl sites for hydroxylation is 1. The van der Waals surface area contributed by atoms with E-state index in [1.165, 1.54) is 0 Å². The van der Waals surface area contributed by atoms with Gasteiger partial charge in [-0.1, -0.05) is 13.8 Å². The summed E-state index contributed by atoms with van der Waals surface area (Å²) in [7, 11) is 3.56. The van der Waals surface area contributed by atoms with Gasteiger partial charge < -0.3 is 15.1 Å². The summed E-state index contributed by atoms with van der Waals surface area (Å²) in [5.74, 6) is 1.58. The maximum Gasteiger partial charge on any atom is 0.246 e. The van der Waals surface area contributed by atoms with E-state index >= 15 is 0 Å². The molecule has 0 radical (unpaired) electrons. The summed E-state index contributed by atoms with van der Waals surface area (Å²) in [5, 5.41) is 10.0. The monoisotopic (exact) mass is 389 g/mol. The maximum atomic E-state index is 12.5. The number of oxazole rings is 1. The largest absolute Gasteiger partial charge is 0.441 e. The van der Waals surface area contributed by atoms with Crippen molar-refractivity contribution in [3.8, 4) is 11.5 Å². The molecule has 1 atom stereocenters. The molecule has 0 aliphatic carbocycles. The zero-order valence-electron chi connectivity index (χ0n) is 15.8. The van der Waals surface area contributed by atoms with Crippen LogP contribution in [0.25, 0.3) is 11.5 Å². The molecule has 0 bridgehead atoms. The summed E-state index contributed by atoms with van der Waals surface area (Å²) in [6.07, 6.45) is 5.25. The standard InChI is InChI=1S/C19H23N5O2.ClH/c1-12(2)16-10-21-19(26-16)13-5-7-15(8-6-13)23-18(25)17(20-3)14-9-22-24(4)11-14;/h5-12,17,20H,1-4H3,(H,23,25);1H. The molecule has 1 unspecified atom stereocenters. The second-order valence-electron chi connectivity index (χ2n) is 6.46. The predicted octanol–water partition coefficient (Wildman–Crippen LogP) is 3.52. The van der Waals surface area contributed by atoms with Crippen molar-refractivity contribution in [2.75, 3.05) is 12.4 Å². The topological polar surface area (TPSA) is 85.0 Å². The normalized spacial score (nSPS) is 11.9. The van der Waals surface area contributed by atoms with Gasteiger partial charge >= 0.3 is 0 Å². The molecule has 2 heterocycles. The molecule has 27 heavy (non-hydrogen) atoms. The summed E-state index contributed by atoms with van der Waals surface area (Å²) < 4.78 is 7.42. The van der Waals surface area contributed by atoms with Crippen LogP contribution in [0.2, 0.25) is 0 Å². The number of carbonyl (C=O) groups excluding carboxylic acids is 1. The highest BCUT2D eigenvalue weighted by Gasteiger charge is 2.20.